The van der Waals surface area contributed by atoms with Crippen molar-refractivity contribution in [1.82, 2.24) is 4.98 Å². The third kappa shape index (κ3) is 2.38. The van der Waals surface area contributed by atoms with Crippen LogP contribution in [0.1, 0.15) is 24.0 Å². The highest BCUT2D eigenvalue weighted by molar-refractivity contribution is 7.22. The number of piperidine rings is 1. The number of fused-ring (bicyclic) bond motifs is 1. The number of hydrogen-bond donors (Lipinski definition) is 1. The molecule has 1 N–H and O–H groups in total. The molecule has 0 bridgehead atoms. The molecule has 106 valence electrons. The summed E-state index contributed by atoms with van der Waals surface area (Å²) < 4.78 is 1.24. The minimum Gasteiger partial charge on any atom is -0.481 e. The number of carboxylic acids is 1. The standard InChI is InChI=1S/C15H18N2O2S/c1-9-7-10(2)13-12(8-9)16-15(20-13)17-5-3-11(4-6-17)14(18)19/h7-8,11H,3-6H2,1-2H3,(H,18,19). The zero-order valence-corrected chi connectivity index (χ0v) is 12.5. The number of aromatic nitrogens is 1. The largest absolute Gasteiger partial charge is 0.481 e. The van der Waals surface area contributed by atoms with Crippen LogP contribution in [0.25, 0.3) is 10.2 Å². The number of anilines is 1. The SMILES string of the molecule is Cc1cc(C)c2sc(N3CCC(C(=O)O)CC3)nc2c1. The lowest BCUT2D eigenvalue weighted by molar-refractivity contribution is -0.142. The molecule has 1 aromatic carbocycles. The molecule has 1 saturated heterocycles. The quantitative estimate of drug-likeness (QED) is 0.922. The van der Waals surface area contributed by atoms with E-state index in [0.717, 1.165) is 23.7 Å². The molecule has 0 amide bonds. The highest BCUT2D eigenvalue weighted by Crippen LogP contribution is 2.33. The first-order valence-electron chi connectivity index (χ1n) is 6.90. The van der Waals surface area contributed by atoms with E-state index >= 15 is 0 Å². The summed E-state index contributed by atoms with van der Waals surface area (Å²) in [5, 5.41) is 10.1. The van der Waals surface area contributed by atoms with Crippen molar-refractivity contribution in [3.63, 3.8) is 0 Å². The van der Waals surface area contributed by atoms with E-state index in [9.17, 15) is 4.79 Å². The maximum absolute atomic E-state index is 11.0. The minimum atomic E-state index is -0.666. The maximum atomic E-state index is 11.0. The molecule has 0 atom stereocenters. The first-order chi connectivity index (χ1) is 9.54. The van der Waals surface area contributed by atoms with Crippen LogP contribution in [0.5, 0.6) is 0 Å². The van der Waals surface area contributed by atoms with Crippen LogP contribution in [0.3, 0.4) is 0 Å². The predicted molar refractivity (Wildman–Crippen MR) is 81.7 cm³/mol. The lowest BCUT2D eigenvalue weighted by Gasteiger charge is -2.29. The van der Waals surface area contributed by atoms with Gasteiger partial charge in [-0.1, -0.05) is 17.4 Å². The van der Waals surface area contributed by atoms with Crippen molar-refractivity contribution in [2.45, 2.75) is 26.7 Å². The van der Waals surface area contributed by atoms with Gasteiger partial charge < -0.3 is 10.0 Å². The molecule has 3 rings (SSSR count). The summed E-state index contributed by atoms with van der Waals surface area (Å²) in [5.74, 6) is -0.856. The predicted octanol–water partition coefficient (Wildman–Crippen LogP) is 3.21. The summed E-state index contributed by atoms with van der Waals surface area (Å²) in [6.07, 6.45) is 1.42. The first kappa shape index (κ1) is 13.4. The molecule has 1 aliphatic rings. The number of benzene rings is 1. The number of hydrogen-bond acceptors (Lipinski definition) is 4. The highest BCUT2D eigenvalue weighted by atomic mass is 32.1. The summed E-state index contributed by atoms with van der Waals surface area (Å²) in [4.78, 5) is 17.9. The highest BCUT2D eigenvalue weighted by Gasteiger charge is 2.26. The number of carboxylic acid groups (broad SMARTS) is 1. The average Bonchev–Trinajstić information content (AvgIpc) is 2.83. The molecular weight excluding hydrogens is 272 g/mol. The summed E-state index contributed by atoms with van der Waals surface area (Å²) in [6.45, 7) is 5.78. The van der Waals surface area contributed by atoms with E-state index in [2.05, 4.69) is 30.9 Å². The average molecular weight is 290 g/mol. The van der Waals surface area contributed by atoms with E-state index in [0.29, 0.717) is 12.8 Å². The second-order valence-electron chi connectivity index (χ2n) is 5.53. The molecule has 20 heavy (non-hydrogen) atoms. The van der Waals surface area contributed by atoms with Gasteiger partial charge in [0.05, 0.1) is 16.1 Å². The van der Waals surface area contributed by atoms with Crippen molar-refractivity contribution in [2.75, 3.05) is 18.0 Å². The molecule has 2 heterocycles. The fourth-order valence-electron chi connectivity index (χ4n) is 2.82. The number of rotatable bonds is 2. The van der Waals surface area contributed by atoms with E-state index in [4.69, 9.17) is 10.1 Å². The lowest BCUT2D eigenvalue weighted by Crippen LogP contribution is -2.36. The fourth-order valence-corrected chi connectivity index (χ4v) is 3.89. The Balaban J connectivity index is 1.85. The Hall–Kier alpha value is -1.62. The Morgan fingerprint density at radius 2 is 2.05 bits per heavy atom. The maximum Gasteiger partial charge on any atom is 0.306 e. The molecule has 1 fully saturated rings. The number of thiazole rings is 1. The number of aryl methyl sites for hydroxylation is 2. The van der Waals surface area contributed by atoms with Crippen molar-refractivity contribution in [3.8, 4) is 0 Å². The second kappa shape index (κ2) is 5.05. The van der Waals surface area contributed by atoms with Crippen molar-refractivity contribution in [3.05, 3.63) is 23.3 Å². The Morgan fingerprint density at radius 3 is 2.70 bits per heavy atom. The molecule has 4 nitrogen and oxygen atoms in total. The zero-order chi connectivity index (χ0) is 14.3. The molecule has 0 spiro atoms. The van der Waals surface area contributed by atoms with Gasteiger partial charge in [0.15, 0.2) is 5.13 Å². The third-order valence-electron chi connectivity index (χ3n) is 3.92. The molecule has 0 radical (unpaired) electrons. The van der Waals surface area contributed by atoms with Crippen molar-refractivity contribution in [2.24, 2.45) is 5.92 Å². The van der Waals surface area contributed by atoms with Crippen LogP contribution >= 0.6 is 11.3 Å². The normalized spacial score (nSPS) is 16.8. The molecule has 0 unspecified atom stereocenters. The Morgan fingerprint density at radius 1 is 1.35 bits per heavy atom. The second-order valence-corrected chi connectivity index (χ2v) is 6.50. The van der Waals surface area contributed by atoms with Crippen LogP contribution in [-0.4, -0.2) is 29.1 Å². The van der Waals surface area contributed by atoms with Gasteiger partial charge in [0.2, 0.25) is 0 Å². The number of carbonyl (C=O) groups is 1. The van der Waals surface area contributed by atoms with E-state index in [1.807, 2.05) is 0 Å². The minimum absolute atomic E-state index is 0.190. The van der Waals surface area contributed by atoms with Crippen LogP contribution in [0.15, 0.2) is 12.1 Å². The molecular formula is C15H18N2O2S. The van der Waals surface area contributed by atoms with Gasteiger partial charge in [-0.2, -0.15) is 0 Å². The Kier molecular flexibility index (Phi) is 3.38. The van der Waals surface area contributed by atoms with Gasteiger partial charge in [0.1, 0.15) is 0 Å². The van der Waals surface area contributed by atoms with Gasteiger partial charge in [-0.25, -0.2) is 4.98 Å². The summed E-state index contributed by atoms with van der Waals surface area (Å²) in [5.41, 5.74) is 3.56. The van der Waals surface area contributed by atoms with Crippen LogP contribution in [0, 0.1) is 19.8 Å². The summed E-state index contributed by atoms with van der Waals surface area (Å²) in [7, 11) is 0. The van der Waals surface area contributed by atoms with Gasteiger partial charge in [-0.15, -0.1) is 0 Å². The van der Waals surface area contributed by atoms with Crippen LogP contribution in [0.2, 0.25) is 0 Å². The topological polar surface area (TPSA) is 53.4 Å². The molecule has 1 aliphatic heterocycles. The van der Waals surface area contributed by atoms with E-state index in [-0.39, 0.29) is 5.92 Å². The van der Waals surface area contributed by atoms with E-state index < -0.39 is 5.97 Å². The monoisotopic (exact) mass is 290 g/mol. The third-order valence-corrected chi connectivity index (χ3v) is 5.19. The zero-order valence-electron chi connectivity index (χ0n) is 11.7. The molecule has 0 aliphatic carbocycles. The van der Waals surface area contributed by atoms with Gasteiger partial charge in [0, 0.05) is 13.1 Å². The number of aliphatic carboxylic acids is 1. The molecule has 2 aromatic rings. The van der Waals surface area contributed by atoms with Crippen molar-refractivity contribution in [1.29, 1.82) is 0 Å². The lowest BCUT2D eigenvalue weighted by atomic mass is 9.98. The van der Waals surface area contributed by atoms with E-state index in [1.54, 1.807) is 11.3 Å². The summed E-state index contributed by atoms with van der Waals surface area (Å²) >= 11 is 1.72. The van der Waals surface area contributed by atoms with Crippen LogP contribution in [-0.2, 0) is 4.79 Å². The summed E-state index contributed by atoms with van der Waals surface area (Å²) in [6, 6.07) is 4.30. The van der Waals surface area contributed by atoms with Gasteiger partial charge in [-0.05, 0) is 43.9 Å². The fraction of sp³-hybridized carbons (Fsp3) is 0.467. The van der Waals surface area contributed by atoms with Crippen LogP contribution in [0.4, 0.5) is 5.13 Å². The van der Waals surface area contributed by atoms with Gasteiger partial charge in [-0.3, -0.25) is 4.79 Å². The first-order valence-corrected chi connectivity index (χ1v) is 7.72. The van der Waals surface area contributed by atoms with Gasteiger partial charge in [0.25, 0.3) is 0 Å². The van der Waals surface area contributed by atoms with Crippen LogP contribution < -0.4 is 4.90 Å². The molecule has 0 saturated carbocycles. The Labute approximate surface area is 122 Å². The van der Waals surface area contributed by atoms with E-state index in [1.165, 1.54) is 15.8 Å². The molecule has 5 heteroatoms. The molecule has 1 aromatic heterocycles. The number of nitrogens with zero attached hydrogens (tertiary/aromatic N) is 2. The Bertz CT molecular complexity index is 657. The van der Waals surface area contributed by atoms with Crippen molar-refractivity contribution < 1.29 is 9.90 Å². The smallest absolute Gasteiger partial charge is 0.306 e. The van der Waals surface area contributed by atoms with Crippen molar-refractivity contribution >= 4 is 32.7 Å². The van der Waals surface area contributed by atoms with Gasteiger partial charge >= 0.3 is 5.97 Å².